The quantitative estimate of drug-likeness (QED) is 0.833. The molecule has 3 nitrogen and oxygen atoms in total. The molecule has 1 fully saturated rings. The summed E-state index contributed by atoms with van der Waals surface area (Å²) < 4.78 is 0. The van der Waals surface area contributed by atoms with Crippen molar-refractivity contribution in [2.45, 2.75) is 25.9 Å². The first-order valence-corrected chi connectivity index (χ1v) is 7.76. The molecule has 2 rings (SSSR count). The monoisotopic (exact) mass is 277 g/mol. The lowest BCUT2D eigenvalue weighted by Gasteiger charge is -2.27. The van der Waals surface area contributed by atoms with Crippen LogP contribution in [-0.2, 0) is 6.54 Å². The molecule has 0 amide bonds. The van der Waals surface area contributed by atoms with Gasteiger partial charge in [0.15, 0.2) is 0 Å². The lowest BCUT2D eigenvalue weighted by molar-refractivity contribution is 0.196. The largest absolute Gasteiger partial charge is 0.320 e. The van der Waals surface area contributed by atoms with Crippen LogP contribution in [0.15, 0.2) is 11.4 Å². The molecule has 0 aliphatic carbocycles. The average molecular weight is 277 g/mol. The van der Waals surface area contributed by atoms with Crippen molar-refractivity contribution in [3.63, 3.8) is 0 Å². The highest BCUT2D eigenvalue weighted by atomic mass is 32.1. The predicted molar refractivity (Wildman–Crippen MR) is 82.2 cm³/mol. The van der Waals surface area contributed by atoms with Gasteiger partial charge >= 0.3 is 0 Å². The van der Waals surface area contributed by atoms with Gasteiger partial charge in [-0.25, -0.2) is 0 Å². The topological polar surface area (TPSA) is 32.5 Å². The zero-order valence-corrected chi connectivity index (χ0v) is 12.7. The molecule has 4 heteroatoms. The van der Waals surface area contributed by atoms with Gasteiger partial charge in [0.05, 0.1) is 6.54 Å². The first kappa shape index (κ1) is 14.5. The molecule has 2 heterocycles. The first-order valence-electron chi connectivity index (χ1n) is 6.88. The van der Waals surface area contributed by atoms with Crippen molar-refractivity contribution >= 4 is 11.3 Å². The maximum Gasteiger partial charge on any atom is 0.0555 e. The fourth-order valence-electron chi connectivity index (χ4n) is 2.56. The van der Waals surface area contributed by atoms with Crippen LogP contribution in [0.25, 0.3) is 0 Å². The fourth-order valence-corrected chi connectivity index (χ4v) is 3.42. The van der Waals surface area contributed by atoms with Crippen LogP contribution in [0.2, 0.25) is 0 Å². The second-order valence-electron chi connectivity index (χ2n) is 5.20. The van der Waals surface area contributed by atoms with Gasteiger partial charge in [-0.1, -0.05) is 11.8 Å². The zero-order valence-electron chi connectivity index (χ0n) is 11.9. The maximum atomic E-state index is 5.45. The summed E-state index contributed by atoms with van der Waals surface area (Å²) in [4.78, 5) is 6.37. The van der Waals surface area contributed by atoms with Crippen molar-refractivity contribution in [2.24, 2.45) is 5.73 Å². The molecular formula is C15H23N3S. The number of hydrogen-bond acceptors (Lipinski definition) is 4. The van der Waals surface area contributed by atoms with Crippen LogP contribution in [0.1, 0.15) is 23.8 Å². The van der Waals surface area contributed by atoms with E-state index in [0.29, 0.717) is 12.6 Å². The summed E-state index contributed by atoms with van der Waals surface area (Å²) in [6.07, 6.45) is 1.25. The van der Waals surface area contributed by atoms with Crippen molar-refractivity contribution in [3.8, 4) is 11.8 Å². The number of nitrogens with zero attached hydrogens (tertiary/aromatic N) is 2. The minimum Gasteiger partial charge on any atom is -0.320 e. The van der Waals surface area contributed by atoms with Gasteiger partial charge in [0.2, 0.25) is 0 Å². The fraction of sp³-hybridized carbons (Fsp3) is 0.600. The maximum absolute atomic E-state index is 5.45. The molecule has 1 saturated heterocycles. The van der Waals surface area contributed by atoms with E-state index in [0.717, 1.165) is 18.7 Å². The average Bonchev–Trinajstić information content (AvgIpc) is 2.75. The Balaban J connectivity index is 2.05. The third-order valence-corrected chi connectivity index (χ3v) is 4.51. The number of rotatable bonds is 2. The Morgan fingerprint density at radius 3 is 3.11 bits per heavy atom. The van der Waals surface area contributed by atoms with Crippen LogP contribution in [-0.4, -0.2) is 49.1 Å². The Bertz CT molecular complexity index is 457. The minimum atomic E-state index is 0.431. The smallest absolute Gasteiger partial charge is 0.0555 e. The summed E-state index contributed by atoms with van der Waals surface area (Å²) in [7, 11) is 2.21. The predicted octanol–water partition coefficient (Wildman–Crippen LogP) is 1.58. The summed E-state index contributed by atoms with van der Waals surface area (Å²) in [6, 6.07) is 2.71. The molecule has 1 atom stereocenters. The van der Waals surface area contributed by atoms with E-state index in [-0.39, 0.29) is 0 Å². The van der Waals surface area contributed by atoms with Gasteiger partial charge in [0.1, 0.15) is 0 Å². The highest BCUT2D eigenvalue weighted by molar-refractivity contribution is 7.10. The lowest BCUT2D eigenvalue weighted by Crippen LogP contribution is -2.37. The molecule has 0 saturated carbocycles. The Morgan fingerprint density at radius 1 is 1.47 bits per heavy atom. The second kappa shape index (κ2) is 7.06. The van der Waals surface area contributed by atoms with Gasteiger partial charge in [-0.2, -0.15) is 0 Å². The Labute approximate surface area is 120 Å². The van der Waals surface area contributed by atoms with Crippen LogP contribution < -0.4 is 5.73 Å². The summed E-state index contributed by atoms with van der Waals surface area (Å²) in [5.74, 6) is 6.14. The van der Waals surface area contributed by atoms with Crippen molar-refractivity contribution in [1.82, 2.24) is 9.80 Å². The lowest BCUT2D eigenvalue weighted by atomic mass is 10.2. The van der Waals surface area contributed by atoms with Gasteiger partial charge in [0.25, 0.3) is 0 Å². The molecule has 2 N–H and O–H groups in total. The summed E-state index contributed by atoms with van der Waals surface area (Å²) in [6.45, 7) is 7.29. The number of thiophene rings is 1. The van der Waals surface area contributed by atoms with Crippen molar-refractivity contribution < 1.29 is 0 Å². The molecule has 1 aliphatic rings. The molecule has 1 unspecified atom stereocenters. The van der Waals surface area contributed by atoms with E-state index < -0.39 is 0 Å². The molecule has 0 aromatic carbocycles. The molecule has 19 heavy (non-hydrogen) atoms. The van der Waals surface area contributed by atoms with Crippen molar-refractivity contribution in [1.29, 1.82) is 0 Å². The minimum absolute atomic E-state index is 0.431. The summed E-state index contributed by atoms with van der Waals surface area (Å²) >= 11 is 1.80. The molecule has 1 aliphatic heterocycles. The zero-order chi connectivity index (χ0) is 13.7. The van der Waals surface area contributed by atoms with Crippen molar-refractivity contribution in [3.05, 3.63) is 21.9 Å². The number of hydrogen-bond donors (Lipinski definition) is 1. The molecule has 0 radical (unpaired) electrons. The van der Waals surface area contributed by atoms with Gasteiger partial charge in [-0.3, -0.25) is 4.90 Å². The Hall–Kier alpha value is -0.860. The van der Waals surface area contributed by atoms with Crippen LogP contribution in [0, 0.1) is 11.8 Å². The normalized spacial score (nSPS) is 21.7. The molecule has 0 spiro atoms. The molecular weight excluding hydrogens is 254 g/mol. The molecule has 0 bridgehead atoms. The summed E-state index contributed by atoms with van der Waals surface area (Å²) in [5.41, 5.74) is 6.60. The third-order valence-electron chi connectivity index (χ3n) is 3.60. The van der Waals surface area contributed by atoms with Crippen molar-refractivity contribution in [2.75, 3.05) is 33.2 Å². The van der Waals surface area contributed by atoms with Gasteiger partial charge < -0.3 is 10.6 Å². The van der Waals surface area contributed by atoms with E-state index in [2.05, 4.69) is 47.1 Å². The van der Waals surface area contributed by atoms with E-state index in [1.54, 1.807) is 11.3 Å². The van der Waals surface area contributed by atoms with E-state index >= 15 is 0 Å². The van der Waals surface area contributed by atoms with E-state index in [1.165, 1.54) is 24.4 Å². The highest BCUT2D eigenvalue weighted by Gasteiger charge is 2.20. The van der Waals surface area contributed by atoms with E-state index in [1.807, 2.05) is 0 Å². The first-order chi connectivity index (χ1) is 9.20. The third kappa shape index (κ3) is 4.05. The number of likely N-dealkylation sites (N-methyl/N-ethyl adjacent to an activating group) is 1. The van der Waals surface area contributed by atoms with Crippen LogP contribution >= 0.6 is 11.3 Å². The standard InChI is InChI=1S/C15H23N3S/c1-13-11-17(2)8-4-9-18(13)12-15-14(5-3-7-16)6-10-19-15/h6,10,13H,4,7-9,11-12,16H2,1-2H3. The molecule has 1 aromatic heterocycles. The van der Waals surface area contributed by atoms with Gasteiger partial charge in [-0.15, -0.1) is 11.3 Å². The summed E-state index contributed by atoms with van der Waals surface area (Å²) in [5, 5.41) is 2.13. The van der Waals surface area contributed by atoms with Gasteiger partial charge in [-0.05, 0) is 38.4 Å². The van der Waals surface area contributed by atoms with E-state index in [4.69, 9.17) is 5.73 Å². The molecule has 104 valence electrons. The van der Waals surface area contributed by atoms with Crippen LogP contribution in [0.4, 0.5) is 0 Å². The van der Waals surface area contributed by atoms with Crippen LogP contribution in [0.3, 0.4) is 0 Å². The Morgan fingerprint density at radius 2 is 2.32 bits per heavy atom. The van der Waals surface area contributed by atoms with Crippen LogP contribution in [0.5, 0.6) is 0 Å². The number of nitrogens with two attached hydrogens (primary N) is 1. The Kier molecular flexibility index (Phi) is 5.41. The second-order valence-corrected chi connectivity index (χ2v) is 6.20. The molecule has 1 aromatic rings. The SMILES string of the molecule is CC1CN(C)CCCN1Cc1sccc1C#CCN. The van der Waals surface area contributed by atoms with Gasteiger partial charge in [0, 0.05) is 36.1 Å². The van der Waals surface area contributed by atoms with E-state index in [9.17, 15) is 0 Å². The highest BCUT2D eigenvalue weighted by Crippen LogP contribution is 2.20.